The molecule has 110 valence electrons. The molecule has 0 radical (unpaired) electrons. The van der Waals surface area contributed by atoms with E-state index in [1.807, 2.05) is 25.1 Å². The van der Waals surface area contributed by atoms with Gasteiger partial charge in [0, 0.05) is 5.75 Å². The van der Waals surface area contributed by atoms with E-state index in [9.17, 15) is 4.79 Å². The average molecular weight is 299 g/mol. The molecule has 0 aromatic heterocycles. The first kappa shape index (κ1) is 15.6. The van der Waals surface area contributed by atoms with Crippen LogP contribution in [0.15, 0.2) is 54.6 Å². The normalized spacial score (nSPS) is 11.9. The minimum absolute atomic E-state index is 0.0513. The van der Waals surface area contributed by atoms with Gasteiger partial charge in [-0.1, -0.05) is 60.2 Å². The van der Waals surface area contributed by atoms with Crippen molar-refractivity contribution in [2.75, 3.05) is 5.75 Å². The van der Waals surface area contributed by atoms with Gasteiger partial charge >= 0.3 is 0 Å². The van der Waals surface area contributed by atoms with Crippen LogP contribution < -0.4 is 5.32 Å². The zero-order valence-corrected chi connectivity index (χ0v) is 13.3. The van der Waals surface area contributed by atoms with Crippen molar-refractivity contribution in [2.24, 2.45) is 0 Å². The molecule has 2 nitrogen and oxygen atoms in total. The molecule has 0 aliphatic heterocycles. The maximum atomic E-state index is 12.0. The molecular weight excluding hydrogens is 278 g/mol. The zero-order valence-electron chi connectivity index (χ0n) is 12.5. The Labute approximate surface area is 131 Å². The minimum atomic E-state index is 0.0513. The molecule has 0 bridgehead atoms. The lowest BCUT2D eigenvalue weighted by Crippen LogP contribution is -2.28. The third-order valence-corrected chi connectivity index (χ3v) is 4.30. The number of benzene rings is 2. The van der Waals surface area contributed by atoms with Gasteiger partial charge in [-0.05, 0) is 25.0 Å². The van der Waals surface area contributed by atoms with Crippen LogP contribution in [0, 0.1) is 6.92 Å². The molecule has 1 amide bonds. The summed E-state index contributed by atoms with van der Waals surface area (Å²) in [4.78, 5) is 12.0. The molecule has 21 heavy (non-hydrogen) atoms. The Morgan fingerprint density at radius 2 is 1.76 bits per heavy atom. The maximum absolute atomic E-state index is 12.0. The summed E-state index contributed by atoms with van der Waals surface area (Å²) in [5.41, 5.74) is 3.62. The molecule has 2 aromatic carbocycles. The summed E-state index contributed by atoms with van der Waals surface area (Å²) in [5, 5.41) is 3.04. The third kappa shape index (κ3) is 5.27. The summed E-state index contributed by atoms with van der Waals surface area (Å²) in [6, 6.07) is 18.5. The van der Waals surface area contributed by atoms with Crippen LogP contribution in [-0.2, 0) is 10.5 Å². The molecule has 2 rings (SSSR count). The van der Waals surface area contributed by atoms with Crippen molar-refractivity contribution in [3.05, 3.63) is 71.3 Å². The SMILES string of the molecule is Cc1ccc([C@@H](C)NC(=O)CSCc2ccccc2)cc1. The van der Waals surface area contributed by atoms with Crippen molar-refractivity contribution >= 4 is 17.7 Å². The first-order chi connectivity index (χ1) is 10.1. The van der Waals surface area contributed by atoms with Crippen LogP contribution in [0.4, 0.5) is 0 Å². The second kappa shape index (κ2) is 7.89. The highest BCUT2D eigenvalue weighted by Crippen LogP contribution is 2.15. The monoisotopic (exact) mass is 299 g/mol. The number of nitrogens with one attached hydrogen (secondary N) is 1. The van der Waals surface area contributed by atoms with E-state index < -0.39 is 0 Å². The minimum Gasteiger partial charge on any atom is -0.349 e. The van der Waals surface area contributed by atoms with Crippen LogP contribution in [0.5, 0.6) is 0 Å². The number of hydrogen-bond acceptors (Lipinski definition) is 2. The third-order valence-electron chi connectivity index (χ3n) is 3.30. The van der Waals surface area contributed by atoms with Crippen LogP contribution in [-0.4, -0.2) is 11.7 Å². The molecule has 0 fully saturated rings. The van der Waals surface area contributed by atoms with Gasteiger partial charge in [0.1, 0.15) is 0 Å². The van der Waals surface area contributed by atoms with E-state index in [0.29, 0.717) is 5.75 Å². The van der Waals surface area contributed by atoms with Crippen LogP contribution in [0.1, 0.15) is 29.7 Å². The summed E-state index contributed by atoms with van der Waals surface area (Å²) < 4.78 is 0. The standard InChI is InChI=1S/C18H21NOS/c1-14-8-10-17(11-9-14)15(2)19-18(20)13-21-12-16-6-4-3-5-7-16/h3-11,15H,12-13H2,1-2H3,(H,19,20)/t15-/m1/s1. The van der Waals surface area contributed by atoms with E-state index in [2.05, 4.69) is 48.6 Å². The molecule has 0 saturated carbocycles. The summed E-state index contributed by atoms with van der Waals surface area (Å²) in [7, 11) is 0. The fourth-order valence-corrected chi connectivity index (χ4v) is 2.86. The van der Waals surface area contributed by atoms with Crippen molar-refractivity contribution in [1.82, 2.24) is 5.32 Å². The average Bonchev–Trinajstić information content (AvgIpc) is 2.49. The second-order valence-corrected chi connectivity index (χ2v) is 6.16. The Morgan fingerprint density at radius 3 is 2.43 bits per heavy atom. The molecule has 0 spiro atoms. The number of carbonyl (C=O) groups is 1. The van der Waals surface area contributed by atoms with Gasteiger partial charge in [0.05, 0.1) is 11.8 Å². The quantitative estimate of drug-likeness (QED) is 0.870. The number of amides is 1. The molecular formula is C18H21NOS. The van der Waals surface area contributed by atoms with Gasteiger partial charge in [0.25, 0.3) is 0 Å². The summed E-state index contributed by atoms with van der Waals surface area (Å²) in [6.45, 7) is 4.08. The van der Waals surface area contributed by atoms with Gasteiger partial charge in [0.2, 0.25) is 5.91 Å². The van der Waals surface area contributed by atoms with E-state index in [-0.39, 0.29) is 11.9 Å². The predicted octanol–water partition coefficient (Wildman–Crippen LogP) is 4.11. The van der Waals surface area contributed by atoms with Gasteiger partial charge in [-0.15, -0.1) is 11.8 Å². The van der Waals surface area contributed by atoms with E-state index in [1.165, 1.54) is 11.1 Å². The lowest BCUT2D eigenvalue weighted by atomic mass is 10.1. The number of aryl methyl sites for hydroxylation is 1. The lowest BCUT2D eigenvalue weighted by Gasteiger charge is -2.14. The predicted molar refractivity (Wildman–Crippen MR) is 90.3 cm³/mol. The zero-order chi connectivity index (χ0) is 15.1. The number of carbonyl (C=O) groups excluding carboxylic acids is 1. The van der Waals surface area contributed by atoms with Crippen LogP contribution in [0.2, 0.25) is 0 Å². The molecule has 0 aliphatic rings. The van der Waals surface area contributed by atoms with Crippen LogP contribution in [0.3, 0.4) is 0 Å². The maximum Gasteiger partial charge on any atom is 0.230 e. The number of rotatable bonds is 6. The van der Waals surface area contributed by atoms with E-state index in [4.69, 9.17) is 0 Å². The molecule has 0 saturated heterocycles. The summed E-state index contributed by atoms with van der Waals surface area (Å²) in [6.07, 6.45) is 0. The van der Waals surface area contributed by atoms with Gasteiger partial charge in [-0.3, -0.25) is 4.79 Å². The van der Waals surface area contributed by atoms with Crippen LogP contribution >= 0.6 is 11.8 Å². The first-order valence-corrected chi connectivity index (χ1v) is 8.28. The molecule has 0 unspecified atom stereocenters. The van der Waals surface area contributed by atoms with Gasteiger partial charge < -0.3 is 5.32 Å². The summed E-state index contributed by atoms with van der Waals surface area (Å²) in [5.74, 6) is 1.45. The Morgan fingerprint density at radius 1 is 1.10 bits per heavy atom. The van der Waals surface area contributed by atoms with Gasteiger partial charge in [-0.2, -0.15) is 0 Å². The van der Waals surface area contributed by atoms with Crippen molar-refractivity contribution < 1.29 is 4.79 Å². The molecule has 2 aromatic rings. The Balaban J connectivity index is 1.75. The van der Waals surface area contributed by atoms with Crippen molar-refractivity contribution in [3.8, 4) is 0 Å². The molecule has 0 heterocycles. The largest absolute Gasteiger partial charge is 0.349 e. The highest BCUT2D eigenvalue weighted by molar-refractivity contribution is 7.99. The van der Waals surface area contributed by atoms with Crippen molar-refractivity contribution in [3.63, 3.8) is 0 Å². The molecule has 3 heteroatoms. The number of hydrogen-bond donors (Lipinski definition) is 1. The van der Waals surface area contributed by atoms with Gasteiger partial charge in [-0.25, -0.2) is 0 Å². The second-order valence-electron chi connectivity index (χ2n) is 5.18. The molecule has 1 atom stereocenters. The summed E-state index contributed by atoms with van der Waals surface area (Å²) >= 11 is 1.64. The Kier molecular flexibility index (Phi) is 5.88. The fraction of sp³-hybridized carbons (Fsp3) is 0.278. The lowest BCUT2D eigenvalue weighted by molar-refractivity contribution is -0.119. The highest BCUT2D eigenvalue weighted by atomic mass is 32.2. The molecule has 1 N–H and O–H groups in total. The Hall–Kier alpha value is -1.74. The van der Waals surface area contributed by atoms with Crippen molar-refractivity contribution in [1.29, 1.82) is 0 Å². The van der Waals surface area contributed by atoms with E-state index in [1.54, 1.807) is 11.8 Å². The van der Waals surface area contributed by atoms with Crippen LogP contribution in [0.25, 0.3) is 0 Å². The molecule has 0 aliphatic carbocycles. The number of thioether (sulfide) groups is 1. The van der Waals surface area contributed by atoms with E-state index in [0.717, 1.165) is 11.3 Å². The van der Waals surface area contributed by atoms with Gasteiger partial charge in [0.15, 0.2) is 0 Å². The van der Waals surface area contributed by atoms with Crippen molar-refractivity contribution in [2.45, 2.75) is 25.6 Å². The smallest absolute Gasteiger partial charge is 0.230 e. The van der Waals surface area contributed by atoms with E-state index >= 15 is 0 Å². The topological polar surface area (TPSA) is 29.1 Å². The fourth-order valence-electron chi connectivity index (χ4n) is 2.06. The first-order valence-electron chi connectivity index (χ1n) is 7.13. The Bertz CT molecular complexity index is 566. The highest BCUT2D eigenvalue weighted by Gasteiger charge is 2.09.